The lowest BCUT2D eigenvalue weighted by Crippen LogP contribution is -2.09. The maximum atomic E-state index is 12.9. The molecule has 0 amide bonds. The summed E-state index contributed by atoms with van der Waals surface area (Å²) >= 11 is 0. The summed E-state index contributed by atoms with van der Waals surface area (Å²) < 4.78 is 37.5. The fourth-order valence-electron chi connectivity index (χ4n) is 1.69. The average Bonchev–Trinajstić information content (AvgIpc) is 2.98. The molecule has 23 heavy (non-hydrogen) atoms. The first kappa shape index (κ1) is 16.4. The van der Waals surface area contributed by atoms with Crippen molar-refractivity contribution in [1.82, 2.24) is 4.98 Å². The van der Waals surface area contributed by atoms with E-state index >= 15 is 0 Å². The monoisotopic (exact) mass is 339 g/mol. The Kier molecular flexibility index (Phi) is 4.32. The Morgan fingerprint density at radius 1 is 1.09 bits per heavy atom. The van der Waals surface area contributed by atoms with Crippen LogP contribution in [0.15, 0.2) is 52.4 Å². The zero-order chi connectivity index (χ0) is 17.2. The summed E-state index contributed by atoms with van der Waals surface area (Å²) in [5.74, 6) is -4.44. The number of benzene rings is 1. The van der Waals surface area contributed by atoms with Crippen molar-refractivity contribution in [3.8, 4) is 0 Å². The number of carboxylic acids is 1. The van der Waals surface area contributed by atoms with Crippen molar-refractivity contribution in [2.75, 3.05) is 0 Å². The number of nitrogens with one attached hydrogen (secondary N) is 1. The number of hydrogen-bond donors (Lipinski definition) is 3. The van der Waals surface area contributed by atoms with Crippen LogP contribution in [0.3, 0.4) is 0 Å². The van der Waals surface area contributed by atoms with Crippen molar-refractivity contribution in [3.05, 3.63) is 54.1 Å². The van der Waals surface area contributed by atoms with Crippen molar-refractivity contribution in [2.24, 2.45) is 0 Å². The maximum Gasteiger partial charge on any atom is 0.376 e. The molecule has 1 aromatic carbocycles. The van der Waals surface area contributed by atoms with Gasteiger partial charge >= 0.3 is 5.97 Å². The second kappa shape index (κ2) is 6.05. The van der Waals surface area contributed by atoms with Gasteiger partial charge in [-0.25, -0.2) is 17.6 Å². The standard InChI is InChI=1S/C14H10FNO6S/c15-8-1-3-9(4-2-8)23(21,22)10-5-11(16-7-10)12(17)6-13(18)14(19)20/h1-7,16-17H,(H,19,20). The average molecular weight is 339 g/mol. The van der Waals surface area contributed by atoms with Crippen LogP contribution in [0.4, 0.5) is 4.39 Å². The zero-order valence-corrected chi connectivity index (χ0v) is 12.2. The number of hydrogen-bond acceptors (Lipinski definition) is 5. The second-order valence-electron chi connectivity index (χ2n) is 4.41. The topological polar surface area (TPSA) is 125 Å². The van der Waals surface area contributed by atoms with Gasteiger partial charge in [-0.05, 0) is 30.3 Å². The summed E-state index contributed by atoms with van der Waals surface area (Å²) in [6.07, 6.45) is 1.51. The van der Waals surface area contributed by atoms with Gasteiger partial charge < -0.3 is 15.2 Å². The van der Waals surface area contributed by atoms with Crippen molar-refractivity contribution < 1.29 is 32.6 Å². The molecule has 1 heterocycles. The fourth-order valence-corrected chi connectivity index (χ4v) is 2.94. The molecule has 2 aromatic rings. The quantitative estimate of drug-likeness (QED) is 0.328. The molecule has 3 N–H and O–H groups in total. The minimum Gasteiger partial charge on any atom is -0.506 e. The normalized spacial score (nSPS) is 12.1. The van der Waals surface area contributed by atoms with E-state index in [0.717, 1.165) is 36.5 Å². The Morgan fingerprint density at radius 3 is 2.26 bits per heavy atom. The maximum absolute atomic E-state index is 12.9. The van der Waals surface area contributed by atoms with Gasteiger partial charge in [-0.3, -0.25) is 4.79 Å². The van der Waals surface area contributed by atoms with Gasteiger partial charge in [0.15, 0.2) is 0 Å². The van der Waals surface area contributed by atoms with Crippen LogP contribution in [0.25, 0.3) is 5.76 Å². The molecule has 0 radical (unpaired) electrons. The Labute approximate surface area is 129 Å². The SMILES string of the molecule is O=C(O)C(=O)C=C(O)c1cc(S(=O)(=O)c2ccc(F)cc2)c[nH]1. The number of aromatic amines is 1. The van der Waals surface area contributed by atoms with Crippen LogP contribution in [-0.2, 0) is 19.4 Å². The number of carbonyl (C=O) groups excluding carboxylic acids is 1. The first-order valence-electron chi connectivity index (χ1n) is 6.09. The van der Waals surface area contributed by atoms with Crippen LogP contribution in [0.2, 0.25) is 0 Å². The van der Waals surface area contributed by atoms with Crippen LogP contribution >= 0.6 is 0 Å². The van der Waals surface area contributed by atoms with Crippen LogP contribution in [0.5, 0.6) is 0 Å². The number of ketones is 1. The molecule has 7 nitrogen and oxygen atoms in total. The number of halogens is 1. The predicted molar refractivity (Wildman–Crippen MR) is 75.9 cm³/mol. The summed E-state index contributed by atoms with van der Waals surface area (Å²) in [6, 6.07) is 5.17. The zero-order valence-electron chi connectivity index (χ0n) is 11.4. The number of carbonyl (C=O) groups is 2. The number of aliphatic hydroxyl groups is 1. The van der Waals surface area contributed by atoms with Crippen molar-refractivity contribution in [1.29, 1.82) is 0 Å². The van der Waals surface area contributed by atoms with Gasteiger partial charge in [-0.2, -0.15) is 0 Å². The highest BCUT2D eigenvalue weighted by molar-refractivity contribution is 7.91. The number of carboxylic acid groups (broad SMARTS) is 1. The first-order chi connectivity index (χ1) is 10.7. The molecule has 0 bridgehead atoms. The van der Waals surface area contributed by atoms with Gasteiger partial charge in [0.2, 0.25) is 9.84 Å². The van der Waals surface area contributed by atoms with E-state index in [0.29, 0.717) is 6.08 Å². The summed E-state index contributed by atoms with van der Waals surface area (Å²) in [6.45, 7) is 0. The molecule has 1 aromatic heterocycles. The Hall–Kier alpha value is -2.94. The first-order valence-corrected chi connectivity index (χ1v) is 7.57. The number of aliphatic hydroxyl groups excluding tert-OH is 1. The van der Waals surface area contributed by atoms with E-state index in [-0.39, 0.29) is 15.5 Å². The Balaban J connectivity index is 2.37. The van der Waals surface area contributed by atoms with E-state index in [2.05, 4.69) is 4.98 Å². The van der Waals surface area contributed by atoms with E-state index in [1.165, 1.54) is 0 Å². The lowest BCUT2D eigenvalue weighted by Gasteiger charge is -2.01. The molecule has 2 rings (SSSR count). The summed E-state index contributed by atoms with van der Waals surface area (Å²) in [7, 11) is -3.95. The molecule has 0 aliphatic carbocycles. The lowest BCUT2D eigenvalue weighted by molar-refractivity contribution is -0.146. The highest BCUT2D eigenvalue weighted by Crippen LogP contribution is 2.23. The summed E-state index contributed by atoms with van der Waals surface area (Å²) in [4.78, 5) is 23.4. The highest BCUT2D eigenvalue weighted by Gasteiger charge is 2.20. The molecular weight excluding hydrogens is 329 g/mol. The summed E-state index contributed by atoms with van der Waals surface area (Å²) in [5, 5.41) is 18.1. The fraction of sp³-hybridized carbons (Fsp3) is 0. The molecule has 9 heteroatoms. The number of aliphatic carboxylic acids is 1. The highest BCUT2D eigenvalue weighted by atomic mass is 32.2. The molecule has 0 saturated carbocycles. The third-order valence-corrected chi connectivity index (χ3v) is 4.59. The smallest absolute Gasteiger partial charge is 0.376 e. The van der Waals surface area contributed by atoms with Crippen molar-refractivity contribution in [2.45, 2.75) is 9.79 Å². The number of rotatable bonds is 5. The van der Waals surface area contributed by atoms with E-state index in [4.69, 9.17) is 5.11 Å². The van der Waals surface area contributed by atoms with Gasteiger partial charge in [0.25, 0.3) is 5.78 Å². The number of sulfone groups is 1. The minimum atomic E-state index is -3.95. The number of aromatic nitrogens is 1. The van der Waals surface area contributed by atoms with Gasteiger partial charge in [0.1, 0.15) is 11.6 Å². The van der Waals surface area contributed by atoms with Crippen LogP contribution in [-0.4, -0.2) is 35.4 Å². The van der Waals surface area contributed by atoms with Crippen molar-refractivity contribution >= 4 is 27.3 Å². The molecule has 0 fully saturated rings. The van der Waals surface area contributed by atoms with Crippen LogP contribution < -0.4 is 0 Å². The molecule has 0 aliphatic rings. The molecule has 0 spiro atoms. The largest absolute Gasteiger partial charge is 0.506 e. The Morgan fingerprint density at radius 2 is 1.70 bits per heavy atom. The summed E-state index contributed by atoms with van der Waals surface area (Å²) in [5.41, 5.74) is -0.153. The second-order valence-corrected chi connectivity index (χ2v) is 6.36. The molecular formula is C14H10FNO6S. The van der Waals surface area contributed by atoms with Gasteiger partial charge in [-0.1, -0.05) is 0 Å². The molecule has 0 unspecified atom stereocenters. The third kappa shape index (κ3) is 3.46. The molecule has 0 atom stereocenters. The van der Waals surface area contributed by atoms with Crippen LogP contribution in [0, 0.1) is 5.82 Å². The molecule has 0 saturated heterocycles. The van der Waals surface area contributed by atoms with E-state index in [1.54, 1.807) is 0 Å². The molecule has 120 valence electrons. The molecule has 0 aliphatic heterocycles. The van der Waals surface area contributed by atoms with E-state index in [1.807, 2.05) is 0 Å². The van der Waals surface area contributed by atoms with Crippen LogP contribution in [0.1, 0.15) is 5.69 Å². The minimum absolute atomic E-state index is 0.153. The predicted octanol–water partition coefficient (Wildman–Crippen LogP) is 1.54. The third-order valence-electron chi connectivity index (χ3n) is 2.85. The Bertz CT molecular complexity index is 896. The van der Waals surface area contributed by atoms with E-state index in [9.17, 15) is 27.5 Å². The van der Waals surface area contributed by atoms with Gasteiger partial charge in [0, 0.05) is 12.3 Å². The number of H-pyrrole nitrogens is 1. The lowest BCUT2D eigenvalue weighted by atomic mass is 10.3. The van der Waals surface area contributed by atoms with Gasteiger partial charge in [-0.15, -0.1) is 0 Å². The van der Waals surface area contributed by atoms with E-state index < -0.39 is 33.2 Å². The van der Waals surface area contributed by atoms with Gasteiger partial charge in [0.05, 0.1) is 15.5 Å². The van der Waals surface area contributed by atoms with Crippen molar-refractivity contribution in [3.63, 3.8) is 0 Å².